The fraction of sp³-hybridized carbons (Fsp3) is 0.286. The van der Waals surface area contributed by atoms with E-state index in [-0.39, 0.29) is 5.91 Å². The Morgan fingerprint density at radius 2 is 2.05 bits per heavy atom. The number of hydrogen-bond donors (Lipinski definition) is 0. The number of rotatable bonds is 1. The molecule has 0 saturated carbocycles. The Kier molecular flexibility index (Phi) is 2.63. The summed E-state index contributed by atoms with van der Waals surface area (Å²) in [4.78, 5) is 27.0. The number of aromatic nitrogens is 3. The first-order valence-corrected chi connectivity index (χ1v) is 7.42. The summed E-state index contributed by atoms with van der Waals surface area (Å²) in [6, 6.07) is 3.92. The van der Waals surface area contributed by atoms with Crippen LogP contribution >= 0.6 is 11.3 Å². The van der Waals surface area contributed by atoms with Gasteiger partial charge in [-0.2, -0.15) is 0 Å². The number of carbonyl (C=O) groups is 1. The van der Waals surface area contributed by atoms with Gasteiger partial charge >= 0.3 is 0 Å². The molecule has 100 valence electrons. The van der Waals surface area contributed by atoms with Crippen molar-refractivity contribution < 1.29 is 4.79 Å². The molecule has 5 nitrogen and oxygen atoms in total. The maximum Gasteiger partial charge on any atom is 0.282 e. The minimum absolute atomic E-state index is 0.0545. The summed E-state index contributed by atoms with van der Waals surface area (Å²) >= 11 is 1.44. The van der Waals surface area contributed by atoms with E-state index < -0.39 is 0 Å². The third-order valence-electron chi connectivity index (χ3n) is 3.59. The molecule has 1 saturated heterocycles. The molecule has 1 amide bonds. The van der Waals surface area contributed by atoms with Crippen LogP contribution in [0.2, 0.25) is 0 Å². The highest BCUT2D eigenvalue weighted by Gasteiger charge is 2.22. The Bertz CT molecular complexity index is 755. The first-order chi connectivity index (χ1) is 9.81. The van der Waals surface area contributed by atoms with Gasteiger partial charge < -0.3 is 4.90 Å². The number of fused-ring (bicyclic) bond motifs is 2. The summed E-state index contributed by atoms with van der Waals surface area (Å²) in [5.74, 6) is 0.0545. The molecule has 0 radical (unpaired) electrons. The fourth-order valence-electron chi connectivity index (χ4n) is 2.55. The third kappa shape index (κ3) is 1.84. The average molecular weight is 284 g/mol. The smallest absolute Gasteiger partial charge is 0.282 e. The molecule has 3 heterocycles. The predicted octanol–water partition coefficient (Wildman–Crippen LogP) is 2.48. The number of amides is 1. The lowest BCUT2D eigenvalue weighted by atomic mass is 10.2. The van der Waals surface area contributed by atoms with Crippen LogP contribution in [-0.4, -0.2) is 38.8 Å². The second-order valence-electron chi connectivity index (χ2n) is 4.92. The normalized spacial score (nSPS) is 15.3. The van der Waals surface area contributed by atoms with Gasteiger partial charge in [0.2, 0.25) is 0 Å². The van der Waals surface area contributed by atoms with Crippen LogP contribution in [0.5, 0.6) is 0 Å². The number of hydrogen-bond acceptors (Lipinski definition) is 5. The van der Waals surface area contributed by atoms with Crippen LogP contribution in [0, 0.1) is 0 Å². The van der Waals surface area contributed by atoms with E-state index in [0.29, 0.717) is 5.01 Å². The molecule has 0 aliphatic carbocycles. The lowest BCUT2D eigenvalue weighted by Gasteiger charge is -2.12. The maximum absolute atomic E-state index is 12.4. The van der Waals surface area contributed by atoms with Crippen LogP contribution < -0.4 is 0 Å². The summed E-state index contributed by atoms with van der Waals surface area (Å²) in [7, 11) is 0. The van der Waals surface area contributed by atoms with Crippen LogP contribution in [-0.2, 0) is 0 Å². The molecule has 1 aromatic carbocycles. The molecule has 3 aromatic rings. The molecule has 1 aliphatic heterocycles. The van der Waals surface area contributed by atoms with Gasteiger partial charge in [0.05, 0.1) is 15.7 Å². The van der Waals surface area contributed by atoms with E-state index in [9.17, 15) is 4.79 Å². The van der Waals surface area contributed by atoms with Gasteiger partial charge in [-0.05, 0) is 25.0 Å². The number of nitrogens with zero attached hydrogens (tertiary/aromatic N) is 4. The second-order valence-corrected chi connectivity index (χ2v) is 5.95. The van der Waals surface area contributed by atoms with Crippen molar-refractivity contribution in [3.8, 4) is 0 Å². The molecule has 0 atom stereocenters. The summed E-state index contributed by atoms with van der Waals surface area (Å²) < 4.78 is 0.999. The predicted molar refractivity (Wildman–Crippen MR) is 77.9 cm³/mol. The largest absolute Gasteiger partial charge is 0.337 e. The Balaban J connectivity index is 1.81. The van der Waals surface area contributed by atoms with Crippen molar-refractivity contribution in [2.75, 3.05) is 13.1 Å². The van der Waals surface area contributed by atoms with E-state index >= 15 is 0 Å². The molecule has 0 unspecified atom stereocenters. The molecule has 1 fully saturated rings. The molecule has 0 N–H and O–H groups in total. The summed E-state index contributed by atoms with van der Waals surface area (Å²) in [5, 5.41) is 1.52. The Morgan fingerprint density at radius 1 is 1.20 bits per heavy atom. The topological polar surface area (TPSA) is 59.0 Å². The molecular weight excluding hydrogens is 272 g/mol. The van der Waals surface area contributed by atoms with Crippen molar-refractivity contribution in [2.24, 2.45) is 0 Å². The highest BCUT2D eigenvalue weighted by molar-refractivity contribution is 7.20. The monoisotopic (exact) mass is 284 g/mol. The third-order valence-corrected chi connectivity index (χ3v) is 4.60. The zero-order valence-electron chi connectivity index (χ0n) is 10.7. The maximum atomic E-state index is 12.4. The van der Waals surface area contributed by atoms with E-state index in [1.807, 2.05) is 17.0 Å². The highest BCUT2D eigenvalue weighted by Crippen LogP contribution is 2.27. The molecular formula is C14H12N4OS. The zero-order chi connectivity index (χ0) is 13.5. The van der Waals surface area contributed by atoms with Gasteiger partial charge in [0.15, 0.2) is 5.01 Å². The fourth-order valence-corrected chi connectivity index (χ4v) is 3.50. The zero-order valence-corrected chi connectivity index (χ0v) is 11.6. The number of thiazole rings is 1. The Morgan fingerprint density at radius 3 is 2.90 bits per heavy atom. The lowest BCUT2D eigenvalue weighted by Crippen LogP contribution is -2.27. The van der Waals surface area contributed by atoms with E-state index in [1.165, 1.54) is 17.7 Å². The van der Waals surface area contributed by atoms with Crippen LogP contribution in [0.15, 0.2) is 24.7 Å². The molecule has 1 aliphatic rings. The van der Waals surface area contributed by atoms with Gasteiger partial charge in [-0.1, -0.05) is 0 Å². The second kappa shape index (κ2) is 4.49. The van der Waals surface area contributed by atoms with Crippen molar-refractivity contribution in [3.63, 3.8) is 0 Å². The minimum atomic E-state index is 0.0545. The highest BCUT2D eigenvalue weighted by atomic mass is 32.1. The summed E-state index contributed by atoms with van der Waals surface area (Å²) in [6.45, 7) is 1.70. The average Bonchev–Trinajstić information content (AvgIpc) is 3.13. The molecule has 2 aromatic heterocycles. The standard InChI is InChI=1S/C14H12N4OS/c19-14(18-3-1-2-4-18)13-17-11-5-9-7-15-8-16-10(9)6-12(11)20-13/h5-8H,1-4H2. The van der Waals surface area contributed by atoms with Crippen molar-refractivity contribution in [1.82, 2.24) is 19.9 Å². The first kappa shape index (κ1) is 11.7. The molecule has 6 heteroatoms. The van der Waals surface area contributed by atoms with Gasteiger partial charge in [-0.25, -0.2) is 15.0 Å². The van der Waals surface area contributed by atoms with Crippen molar-refractivity contribution in [3.05, 3.63) is 29.7 Å². The summed E-state index contributed by atoms with van der Waals surface area (Å²) in [5.41, 5.74) is 1.73. The van der Waals surface area contributed by atoms with Gasteiger partial charge in [0.1, 0.15) is 6.33 Å². The van der Waals surface area contributed by atoms with E-state index in [2.05, 4.69) is 15.0 Å². The van der Waals surface area contributed by atoms with Crippen molar-refractivity contribution in [1.29, 1.82) is 0 Å². The van der Waals surface area contributed by atoms with E-state index in [4.69, 9.17) is 0 Å². The van der Waals surface area contributed by atoms with Gasteiger partial charge in [-0.3, -0.25) is 4.79 Å². The number of carbonyl (C=O) groups excluding carboxylic acids is 1. The molecule has 0 bridgehead atoms. The number of likely N-dealkylation sites (tertiary alicyclic amines) is 1. The molecule has 20 heavy (non-hydrogen) atoms. The van der Waals surface area contributed by atoms with Gasteiger partial charge in [0.25, 0.3) is 5.91 Å². The lowest BCUT2D eigenvalue weighted by molar-refractivity contribution is 0.0792. The first-order valence-electron chi connectivity index (χ1n) is 6.61. The summed E-state index contributed by atoms with van der Waals surface area (Å²) in [6.07, 6.45) is 5.49. The van der Waals surface area contributed by atoms with E-state index in [1.54, 1.807) is 6.20 Å². The SMILES string of the molecule is O=C(c1nc2cc3cncnc3cc2s1)N1CCCC1. The Labute approximate surface area is 119 Å². The van der Waals surface area contributed by atoms with Crippen LogP contribution in [0.3, 0.4) is 0 Å². The van der Waals surface area contributed by atoms with Crippen molar-refractivity contribution >= 4 is 38.4 Å². The molecule has 0 spiro atoms. The van der Waals surface area contributed by atoms with Crippen LogP contribution in [0.1, 0.15) is 22.6 Å². The minimum Gasteiger partial charge on any atom is -0.337 e. The van der Waals surface area contributed by atoms with Crippen LogP contribution in [0.25, 0.3) is 21.1 Å². The number of benzene rings is 1. The van der Waals surface area contributed by atoms with Crippen molar-refractivity contribution in [2.45, 2.75) is 12.8 Å². The van der Waals surface area contributed by atoms with Gasteiger partial charge in [-0.15, -0.1) is 11.3 Å². The quantitative estimate of drug-likeness (QED) is 0.689. The molecule has 4 rings (SSSR count). The van der Waals surface area contributed by atoms with Gasteiger partial charge in [0, 0.05) is 24.7 Å². The van der Waals surface area contributed by atoms with Crippen LogP contribution in [0.4, 0.5) is 0 Å². The van der Waals surface area contributed by atoms with E-state index in [0.717, 1.165) is 47.1 Å². The Hall–Kier alpha value is -2.08.